The summed E-state index contributed by atoms with van der Waals surface area (Å²) in [6, 6.07) is 14.8. The van der Waals surface area contributed by atoms with Crippen LogP contribution in [-0.4, -0.2) is 40.0 Å². The number of thioether (sulfide) groups is 1. The Kier molecular flexibility index (Phi) is 5.26. The predicted octanol–water partition coefficient (Wildman–Crippen LogP) is 3.53. The van der Waals surface area contributed by atoms with Crippen LogP contribution in [0.3, 0.4) is 0 Å². The normalized spacial score (nSPS) is 11.1. The van der Waals surface area contributed by atoms with E-state index < -0.39 is 0 Å². The number of H-pyrrole nitrogens is 1. The molecule has 29 heavy (non-hydrogen) atoms. The van der Waals surface area contributed by atoms with E-state index in [0.29, 0.717) is 34.2 Å². The van der Waals surface area contributed by atoms with Gasteiger partial charge in [0.15, 0.2) is 5.16 Å². The van der Waals surface area contributed by atoms with Gasteiger partial charge in [0, 0.05) is 17.0 Å². The summed E-state index contributed by atoms with van der Waals surface area (Å²) in [4.78, 5) is 33.2. The summed E-state index contributed by atoms with van der Waals surface area (Å²) < 4.78 is 11.8. The third-order valence-electron chi connectivity index (χ3n) is 4.43. The summed E-state index contributed by atoms with van der Waals surface area (Å²) >= 11 is 1.17. The number of esters is 1. The smallest absolute Gasteiger partial charge is 0.316 e. The Morgan fingerprint density at radius 3 is 2.83 bits per heavy atom. The van der Waals surface area contributed by atoms with Crippen LogP contribution in [0.4, 0.5) is 0 Å². The number of para-hydroxylation sites is 1. The summed E-state index contributed by atoms with van der Waals surface area (Å²) in [5.74, 6) is 0.313. The van der Waals surface area contributed by atoms with Crippen molar-refractivity contribution in [3.05, 3.63) is 58.9 Å². The second-order valence-electron chi connectivity index (χ2n) is 6.22. The van der Waals surface area contributed by atoms with Crippen LogP contribution in [0.25, 0.3) is 27.6 Å². The summed E-state index contributed by atoms with van der Waals surface area (Å²) in [5, 5.41) is 1.27. The minimum atomic E-state index is -0.358. The molecule has 2 aromatic heterocycles. The Hall–Kier alpha value is -3.26. The summed E-state index contributed by atoms with van der Waals surface area (Å²) in [5.41, 5.74) is 2.18. The molecule has 0 spiro atoms. The standard InChI is InChI=1S/C21H19N3O4S/c1-3-28-17(25)12-29-21-23-18-15-9-4-5-10-16(15)22-19(18)20(26)24(21)13-7-6-8-14(11-13)27-2/h4-11,22H,3,12H2,1-2H3. The van der Waals surface area contributed by atoms with Crippen molar-refractivity contribution in [3.8, 4) is 11.4 Å². The fraction of sp³-hybridized carbons (Fsp3) is 0.190. The maximum Gasteiger partial charge on any atom is 0.316 e. The van der Waals surface area contributed by atoms with Crippen LogP contribution in [0.15, 0.2) is 58.5 Å². The van der Waals surface area contributed by atoms with E-state index in [1.54, 1.807) is 38.3 Å². The van der Waals surface area contributed by atoms with Crippen LogP contribution >= 0.6 is 11.8 Å². The van der Waals surface area contributed by atoms with Gasteiger partial charge < -0.3 is 14.5 Å². The average molecular weight is 409 g/mol. The first-order valence-electron chi connectivity index (χ1n) is 9.08. The molecule has 0 aliphatic carbocycles. The Bertz CT molecular complexity index is 1260. The monoisotopic (exact) mass is 409 g/mol. The van der Waals surface area contributed by atoms with Gasteiger partial charge in [-0.2, -0.15) is 0 Å². The molecule has 0 aliphatic rings. The maximum atomic E-state index is 13.4. The van der Waals surface area contributed by atoms with Crippen molar-refractivity contribution >= 4 is 39.7 Å². The minimum absolute atomic E-state index is 0.0537. The van der Waals surface area contributed by atoms with Gasteiger partial charge in [0.25, 0.3) is 5.56 Å². The first kappa shape index (κ1) is 19.1. The SMILES string of the molecule is CCOC(=O)CSc1nc2c([nH]c3ccccc32)c(=O)n1-c1cccc(OC)c1. The molecule has 4 aromatic rings. The van der Waals surface area contributed by atoms with Gasteiger partial charge in [0.05, 0.1) is 25.2 Å². The average Bonchev–Trinajstić information content (AvgIpc) is 3.12. The largest absolute Gasteiger partial charge is 0.497 e. The first-order valence-corrected chi connectivity index (χ1v) is 10.1. The number of carbonyl (C=O) groups excluding carboxylic acids is 1. The molecule has 2 aromatic carbocycles. The Labute approximate surface area is 170 Å². The third-order valence-corrected chi connectivity index (χ3v) is 5.34. The molecule has 148 valence electrons. The van der Waals surface area contributed by atoms with Crippen molar-refractivity contribution in [2.75, 3.05) is 19.5 Å². The van der Waals surface area contributed by atoms with Crippen LogP contribution in [0, 0.1) is 0 Å². The van der Waals surface area contributed by atoms with Crippen molar-refractivity contribution in [1.82, 2.24) is 14.5 Å². The molecule has 0 bridgehead atoms. The van der Waals surface area contributed by atoms with Gasteiger partial charge >= 0.3 is 5.97 Å². The lowest BCUT2D eigenvalue weighted by atomic mass is 10.2. The van der Waals surface area contributed by atoms with E-state index in [1.807, 2.05) is 24.3 Å². The van der Waals surface area contributed by atoms with Crippen LogP contribution in [0.5, 0.6) is 5.75 Å². The molecule has 7 nitrogen and oxygen atoms in total. The van der Waals surface area contributed by atoms with Gasteiger partial charge in [0.1, 0.15) is 16.8 Å². The number of aromatic nitrogens is 3. The molecular formula is C21H19N3O4S. The highest BCUT2D eigenvalue weighted by atomic mass is 32.2. The number of methoxy groups -OCH3 is 1. The van der Waals surface area contributed by atoms with Gasteiger partial charge in [-0.3, -0.25) is 14.2 Å². The fourth-order valence-corrected chi connectivity index (χ4v) is 3.95. The lowest BCUT2D eigenvalue weighted by Crippen LogP contribution is -2.22. The number of fused-ring (bicyclic) bond motifs is 3. The van der Waals surface area contributed by atoms with Gasteiger partial charge in [0.2, 0.25) is 0 Å². The molecule has 4 rings (SSSR count). The van der Waals surface area contributed by atoms with Crippen molar-refractivity contribution in [3.63, 3.8) is 0 Å². The quantitative estimate of drug-likeness (QED) is 0.298. The zero-order valence-corrected chi connectivity index (χ0v) is 16.8. The molecule has 0 saturated heterocycles. The lowest BCUT2D eigenvalue weighted by Gasteiger charge is -2.13. The highest BCUT2D eigenvalue weighted by molar-refractivity contribution is 7.99. The number of benzene rings is 2. The molecule has 0 saturated carbocycles. The van der Waals surface area contributed by atoms with Gasteiger partial charge in [-0.15, -0.1) is 0 Å². The van der Waals surface area contributed by atoms with Gasteiger partial charge in [-0.25, -0.2) is 4.98 Å². The van der Waals surface area contributed by atoms with Gasteiger partial charge in [-0.1, -0.05) is 36.0 Å². The molecule has 1 N–H and O–H groups in total. The van der Waals surface area contributed by atoms with E-state index >= 15 is 0 Å². The molecule has 0 amide bonds. The van der Waals surface area contributed by atoms with Crippen LogP contribution < -0.4 is 10.3 Å². The highest BCUT2D eigenvalue weighted by Gasteiger charge is 2.18. The van der Waals surface area contributed by atoms with Crippen molar-refractivity contribution in [2.24, 2.45) is 0 Å². The Morgan fingerprint density at radius 1 is 1.21 bits per heavy atom. The number of ether oxygens (including phenoxy) is 2. The maximum absolute atomic E-state index is 13.4. The molecule has 2 heterocycles. The zero-order chi connectivity index (χ0) is 20.4. The number of nitrogens with one attached hydrogen (secondary N) is 1. The number of hydrogen-bond acceptors (Lipinski definition) is 6. The summed E-state index contributed by atoms with van der Waals surface area (Å²) in [6.45, 7) is 2.06. The van der Waals surface area contributed by atoms with Crippen LogP contribution in [-0.2, 0) is 9.53 Å². The van der Waals surface area contributed by atoms with E-state index in [0.717, 1.165) is 10.9 Å². The second-order valence-corrected chi connectivity index (χ2v) is 7.17. The predicted molar refractivity (Wildman–Crippen MR) is 113 cm³/mol. The number of rotatable bonds is 6. The molecule has 0 atom stereocenters. The fourth-order valence-electron chi connectivity index (χ4n) is 3.14. The lowest BCUT2D eigenvalue weighted by molar-refractivity contribution is -0.139. The van der Waals surface area contributed by atoms with E-state index in [2.05, 4.69) is 4.98 Å². The van der Waals surface area contributed by atoms with Crippen LogP contribution in [0.1, 0.15) is 6.92 Å². The number of hydrogen-bond donors (Lipinski definition) is 1. The number of nitrogens with zero attached hydrogens (tertiary/aromatic N) is 2. The number of aromatic amines is 1. The molecule has 0 unspecified atom stereocenters. The molecule has 0 fully saturated rings. The van der Waals surface area contributed by atoms with E-state index in [1.165, 1.54) is 16.3 Å². The molecular weight excluding hydrogens is 390 g/mol. The highest BCUT2D eigenvalue weighted by Crippen LogP contribution is 2.27. The topological polar surface area (TPSA) is 86.2 Å². The Balaban J connectivity index is 1.94. The summed E-state index contributed by atoms with van der Waals surface area (Å²) in [6.07, 6.45) is 0. The molecule has 0 radical (unpaired) electrons. The van der Waals surface area contributed by atoms with Gasteiger partial charge in [-0.05, 0) is 25.1 Å². The number of carbonyl (C=O) groups is 1. The zero-order valence-electron chi connectivity index (χ0n) is 16.0. The molecule has 0 aliphatic heterocycles. The second kappa shape index (κ2) is 8.00. The van der Waals surface area contributed by atoms with E-state index in [-0.39, 0.29) is 17.3 Å². The van der Waals surface area contributed by atoms with E-state index in [4.69, 9.17) is 14.5 Å². The molecule has 8 heteroatoms. The Morgan fingerprint density at radius 2 is 2.03 bits per heavy atom. The first-order chi connectivity index (χ1) is 14.1. The minimum Gasteiger partial charge on any atom is -0.497 e. The third kappa shape index (κ3) is 3.58. The summed E-state index contributed by atoms with van der Waals surface area (Å²) in [7, 11) is 1.57. The van der Waals surface area contributed by atoms with Crippen molar-refractivity contribution in [2.45, 2.75) is 12.1 Å². The van der Waals surface area contributed by atoms with Crippen LogP contribution in [0.2, 0.25) is 0 Å². The van der Waals surface area contributed by atoms with Crippen molar-refractivity contribution in [1.29, 1.82) is 0 Å². The van der Waals surface area contributed by atoms with E-state index in [9.17, 15) is 9.59 Å². The van der Waals surface area contributed by atoms with Crippen molar-refractivity contribution < 1.29 is 14.3 Å².